The molecule has 4 aliphatic carbocycles. The summed E-state index contributed by atoms with van der Waals surface area (Å²) in [6.07, 6.45) is 8.82. The molecule has 1 N–H and O–H groups in total. The van der Waals surface area contributed by atoms with E-state index >= 15 is 0 Å². The van der Waals surface area contributed by atoms with Gasteiger partial charge in [-0.15, -0.1) is 0 Å². The first-order valence-electron chi connectivity index (χ1n) is 7.45. The average molecular weight is 250 g/mol. The zero-order valence-corrected chi connectivity index (χ0v) is 10.9. The van der Waals surface area contributed by atoms with Crippen molar-refractivity contribution in [3.05, 3.63) is 0 Å². The summed E-state index contributed by atoms with van der Waals surface area (Å²) < 4.78 is 0. The topological polar surface area (TPSA) is 41.6 Å². The quantitative estimate of drug-likeness (QED) is 0.776. The lowest BCUT2D eigenvalue weighted by molar-refractivity contribution is -0.0766. The van der Waals surface area contributed by atoms with Gasteiger partial charge in [0, 0.05) is 5.54 Å². The summed E-state index contributed by atoms with van der Waals surface area (Å²) in [7, 11) is 0. The summed E-state index contributed by atoms with van der Waals surface area (Å²) in [5.74, 6) is 2.61. The molecule has 0 aromatic rings. The van der Waals surface area contributed by atoms with Gasteiger partial charge in [0.15, 0.2) is 0 Å². The number of amides is 2. The van der Waals surface area contributed by atoms with E-state index in [1.54, 1.807) is 0 Å². The largest absolute Gasteiger partial charge is 0.341 e. The Kier molecular flexibility index (Phi) is 2.38. The molecule has 0 spiro atoms. The molecule has 4 saturated carbocycles. The molecule has 1 aliphatic heterocycles. The lowest BCUT2D eigenvalue weighted by Gasteiger charge is -2.56. The van der Waals surface area contributed by atoms with Crippen molar-refractivity contribution in [1.82, 2.24) is 10.4 Å². The number of urea groups is 1. The van der Waals surface area contributed by atoms with Crippen molar-refractivity contribution < 1.29 is 9.63 Å². The Hall–Kier alpha value is -0.770. The monoisotopic (exact) mass is 250 g/mol. The van der Waals surface area contributed by atoms with Gasteiger partial charge < -0.3 is 5.32 Å². The minimum Gasteiger partial charge on any atom is -0.331 e. The summed E-state index contributed by atoms with van der Waals surface area (Å²) in [6.45, 7) is 1.44. The van der Waals surface area contributed by atoms with Crippen LogP contribution in [0.3, 0.4) is 0 Å². The van der Waals surface area contributed by atoms with Gasteiger partial charge in [-0.2, -0.15) is 0 Å². The maximum Gasteiger partial charge on any atom is 0.341 e. The third-order valence-electron chi connectivity index (χ3n) is 5.39. The Morgan fingerprint density at radius 2 is 1.72 bits per heavy atom. The highest BCUT2D eigenvalue weighted by molar-refractivity contribution is 5.74. The number of carbonyl (C=O) groups is 1. The fourth-order valence-corrected chi connectivity index (χ4v) is 5.16. The van der Waals surface area contributed by atoms with E-state index in [2.05, 4.69) is 5.32 Å². The minimum atomic E-state index is 0.00875. The van der Waals surface area contributed by atoms with Gasteiger partial charge in [0.05, 0.1) is 13.2 Å². The molecule has 0 radical (unpaired) electrons. The first kappa shape index (κ1) is 11.1. The van der Waals surface area contributed by atoms with Gasteiger partial charge in [-0.1, -0.05) is 0 Å². The van der Waals surface area contributed by atoms with Gasteiger partial charge in [0.2, 0.25) is 0 Å². The van der Waals surface area contributed by atoms with Crippen LogP contribution in [0, 0.1) is 17.8 Å². The van der Waals surface area contributed by atoms with Crippen LogP contribution in [0.25, 0.3) is 0 Å². The minimum absolute atomic E-state index is 0.00875. The summed E-state index contributed by atoms with van der Waals surface area (Å²) in [4.78, 5) is 17.6. The van der Waals surface area contributed by atoms with Gasteiger partial charge in [-0.05, 0) is 62.7 Å². The summed E-state index contributed by atoms with van der Waals surface area (Å²) >= 11 is 0. The molecule has 1 heterocycles. The van der Waals surface area contributed by atoms with Gasteiger partial charge >= 0.3 is 6.03 Å². The molecule has 4 heteroatoms. The van der Waals surface area contributed by atoms with Crippen molar-refractivity contribution in [2.24, 2.45) is 17.8 Å². The fraction of sp³-hybridized carbons (Fsp3) is 0.929. The van der Waals surface area contributed by atoms with E-state index in [1.807, 2.05) is 0 Å². The number of hydrogen-bond donors (Lipinski definition) is 1. The molecule has 0 atom stereocenters. The molecular weight excluding hydrogens is 228 g/mol. The van der Waals surface area contributed by atoms with Crippen LogP contribution in [-0.2, 0) is 4.84 Å². The van der Waals surface area contributed by atoms with Crippen LogP contribution >= 0.6 is 0 Å². The van der Waals surface area contributed by atoms with Crippen molar-refractivity contribution in [1.29, 1.82) is 0 Å². The molecule has 18 heavy (non-hydrogen) atoms. The molecular formula is C14H22N2O2. The molecule has 0 unspecified atom stereocenters. The second-order valence-corrected chi connectivity index (χ2v) is 6.92. The molecule has 4 bridgehead atoms. The van der Waals surface area contributed by atoms with Crippen molar-refractivity contribution in [3.8, 4) is 0 Å². The molecule has 5 rings (SSSR count). The van der Waals surface area contributed by atoms with Crippen LogP contribution in [0.5, 0.6) is 0 Å². The number of nitrogens with zero attached hydrogens (tertiary/aromatic N) is 1. The second kappa shape index (κ2) is 3.86. The standard InChI is InChI=1S/C14H22N2O2/c17-13(16-2-1-3-18-16)15-14-7-10-4-11(8-14)6-12(5-10)9-14/h10-12H,1-9H2,(H,15,17). The third kappa shape index (κ3) is 1.73. The molecule has 1 saturated heterocycles. The zero-order chi connectivity index (χ0) is 12.2. The van der Waals surface area contributed by atoms with Crippen LogP contribution in [-0.4, -0.2) is 29.8 Å². The molecule has 4 nitrogen and oxygen atoms in total. The number of hydroxylamine groups is 2. The Morgan fingerprint density at radius 1 is 1.11 bits per heavy atom. The molecule has 0 aromatic carbocycles. The van der Waals surface area contributed by atoms with E-state index in [4.69, 9.17) is 4.84 Å². The fourth-order valence-electron chi connectivity index (χ4n) is 5.16. The van der Waals surface area contributed by atoms with E-state index in [1.165, 1.54) is 43.6 Å². The molecule has 2 amide bonds. The Labute approximate surface area is 108 Å². The number of hydrogen-bond acceptors (Lipinski definition) is 2. The van der Waals surface area contributed by atoms with Crippen LogP contribution < -0.4 is 5.32 Å². The van der Waals surface area contributed by atoms with E-state index in [9.17, 15) is 4.79 Å². The Balaban J connectivity index is 1.48. The van der Waals surface area contributed by atoms with Gasteiger partial charge in [-0.3, -0.25) is 4.84 Å². The predicted octanol–water partition coefficient (Wildman–Crippen LogP) is 2.30. The van der Waals surface area contributed by atoms with Crippen LogP contribution in [0.15, 0.2) is 0 Å². The van der Waals surface area contributed by atoms with Crippen LogP contribution in [0.1, 0.15) is 44.9 Å². The first-order valence-corrected chi connectivity index (χ1v) is 7.45. The first-order chi connectivity index (χ1) is 8.72. The van der Waals surface area contributed by atoms with E-state index < -0.39 is 0 Å². The smallest absolute Gasteiger partial charge is 0.331 e. The molecule has 5 aliphatic rings. The van der Waals surface area contributed by atoms with E-state index in [-0.39, 0.29) is 11.6 Å². The van der Waals surface area contributed by atoms with Crippen LogP contribution in [0.2, 0.25) is 0 Å². The zero-order valence-electron chi connectivity index (χ0n) is 10.9. The van der Waals surface area contributed by atoms with E-state index in [0.29, 0.717) is 6.61 Å². The van der Waals surface area contributed by atoms with Crippen molar-refractivity contribution in [2.75, 3.05) is 13.2 Å². The predicted molar refractivity (Wildman–Crippen MR) is 66.7 cm³/mol. The average Bonchev–Trinajstić information content (AvgIpc) is 2.79. The summed E-state index contributed by atoms with van der Waals surface area (Å²) in [5, 5.41) is 4.85. The van der Waals surface area contributed by atoms with E-state index in [0.717, 1.165) is 30.7 Å². The Bertz CT molecular complexity index is 328. The summed E-state index contributed by atoms with van der Waals surface area (Å²) in [5.41, 5.74) is 0.109. The second-order valence-electron chi connectivity index (χ2n) is 6.92. The highest BCUT2D eigenvalue weighted by Crippen LogP contribution is 2.55. The highest BCUT2D eigenvalue weighted by atomic mass is 16.7. The normalized spacial score (nSPS) is 45.6. The molecule has 5 fully saturated rings. The van der Waals surface area contributed by atoms with Crippen molar-refractivity contribution in [2.45, 2.75) is 50.5 Å². The molecule has 100 valence electrons. The summed E-state index contributed by atoms with van der Waals surface area (Å²) in [6, 6.07) is 0.00875. The van der Waals surface area contributed by atoms with Crippen molar-refractivity contribution in [3.63, 3.8) is 0 Å². The lowest BCUT2D eigenvalue weighted by Crippen LogP contribution is -2.61. The SMILES string of the molecule is O=C(NC12CC3CC(CC(C3)C1)C2)N1CCCO1. The van der Waals surface area contributed by atoms with Crippen LogP contribution in [0.4, 0.5) is 4.79 Å². The highest BCUT2D eigenvalue weighted by Gasteiger charge is 2.51. The Morgan fingerprint density at radius 3 is 2.22 bits per heavy atom. The number of rotatable bonds is 1. The maximum atomic E-state index is 12.2. The van der Waals surface area contributed by atoms with Gasteiger partial charge in [0.1, 0.15) is 0 Å². The maximum absolute atomic E-state index is 12.2. The number of carbonyl (C=O) groups excluding carboxylic acids is 1. The number of nitrogens with one attached hydrogen (secondary N) is 1. The third-order valence-corrected chi connectivity index (χ3v) is 5.39. The lowest BCUT2D eigenvalue weighted by atomic mass is 9.53. The van der Waals surface area contributed by atoms with Crippen molar-refractivity contribution >= 4 is 6.03 Å². The van der Waals surface area contributed by atoms with Gasteiger partial charge in [0.25, 0.3) is 0 Å². The molecule has 0 aromatic heterocycles. The van der Waals surface area contributed by atoms with Gasteiger partial charge in [-0.25, -0.2) is 9.86 Å².